The Bertz CT molecular complexity index is 609. The second-order valence-electron chi connectivity index (χ2n) is 4.25. The van der Waals surface area contributed by atoms with Crippen LogP contribution in [0.15, 0.2) is 16.7 Å². The average molecular weight is 277 g/mol. The van der Waals surface area contributed by atoms with E-state index in [1.807, 2.05) is 6.92 Å². The van der Waals surface area contributed by atoms with Crippen molar-refractivity contribution in [3.05, 3.63) is 35.2 Å². The summed E-state index contributed by atoms with van der Waals surface area (Å²) in [6.07, 6.45) is 1.62. The molecular formula is C13H15N3O4. The molecule has 0 aliphatic heterocycles. The minimum absolute atomic E-state index is 0.0399. The van der Waals surface area contributed by atoms with Gasteiger partial charge in [-0.05, 0) is 25.5 Å². The second-order valence-corrected chi connectivity index (χ2v) is 4.25. The first-order valence-corrected chi connectivity index (χ1v) is 6.25. The van der Waals surface area contributed by atoms with Gasteiger partial charge in [0.25, 0.3) is 0 Å². The van der Waals surface area contributed by atoms with Crippen LogP contribution in [0.25, 0.3) is 0 Å². The first-order chi connectivity index (χ1) is 9.60. The Morgan fingerprint density at radius 2 is 2.20 bits per heavy atom. The van der Waals surface area contributed by atoms with E-state index in [0.717, 1.165) is 6.42 Å². The van der Waals surface area contributed by atoms with Crippen molar-refractivity contribution in [1.82, 2.24) is 15.1 Å². The first-order valence-electron chi connectivity index (χ1n) is 6.25. The van der Waals surface area contributed by atoms with Gasteiger partial charge < -0.3 is 14.4 Å². The lowest BCUT2D eigenvalue weighted by Gasteiger charge is -2.06. The van der Waals surface area contributed by atoms with Crippen molar-refractivity contribution in [1.29, 1.82) is 0 Å². The zero-order chi connectivity index (χ0) is 14.5. The van der Waals surface area contributed by atoms with Crippen molar-refractivity contribution in [3.8, 4) is 5.75 Å². The summed E-state index contributed by atoms with van der Waals surface area (Å²) < 4.78 is 10.4. The number of aromatic carboxylic acids is 1. The summed E-state index contributed by atoms with van der Waals surface area (Å²) in [5.74, 6) is -0.0228. The van der Waals surface area contributed by atoms with Crippen molar-refractivity contribution in [2.24, 2.45) is 0 Å². The van der Waals surface area contributed by atoms with Crippen LogP contribution in [0.4, 0.5) is 0 Å². The maximum Gasteiger partial charge on any atom is 0.358 e. The number of ether oxygens (including phenoxy) is 1. The van der Waals surface area contributed by atoms with Crippen molar-refractivity contribution in [3.63, 3.8) is 0 Å². The van der Waals surface area contributed by atoms with E-state index >= 15 is 0 Å². The van der Waals surface area contributed by atoms with Gasteiger partial charge >= 0.3 is 5.97 Å². The zero-order valence-electron chi connectivity index (χ0n) is 11.3. The molecular weight excluding hydrogens is 262 g/mol. The van der Waals surface area contributed by atoms with E-state index in [1.165, 1.54) is 0 Å². The maximum absolute atomic E-state index is 11.1. The van der Waals surface area contributed by atoms with Gasteiger partial charge in [-0.25, -0.2) is 9.78 Å². The van der Waals surface area contributed by atoms with Crippen LogP contribution in [-0.2, 0) is 13.0 Å². The van der Waals surface area contributed by atoms with Crippen molar-refractivity contribution in [2.45, 2.75) is 33.3 Å². The molecule has 7 heteroatoms. The Kier molecular flexibility index (Phi) is 4.29. The van der Waals surface area contributed by atoms with Gasteiger partial charge in [-0.1, -0.05) is 12.1 Å². The minimum atomic E-state index is -1.14. The molecule has 0 aliphatic carbocycles. The standard InChI is InChI=1S/C13H15N3O4/c1-3-4-11-15-10(16-20-11)7-19-9-6-5-8(2)14-12(9)13(17)18/h5-6H,3-4,7H2,1-2H3,(H,17,18). The molecule has 0 spiro atoms. The Balaban J connectivity index is 2.08. The van der Waals surface area contributed by atoms with Gasteiger partial charge in [0, 0.05) is 12.1 Å². The number of aromatic nitrogens is 3. The van der Waals surface area contributed by atoms with Gasteiger partial charge in [0.05, 0.1) is 0 Å². The van der Waals surface area contributed by atoms with Crippen molar-refractivity contribution >= 4 is 5.97 Å². The Labute approximate surface area is 115 Å². The van der Waals surface area contributed by atoms with E-state index in [4.69, 9.17) is 14.4 Å². The number of carbonyl (C=O) groups is 1. The number of pyridine rings is 1. The molecule has 2 rings (SSSR count). The topological polar surface area (TPSA) is 98.3 Å². The van der Waals surface area contributed by atoms with Crippen LogP contribution in [0.2, 0.25) is 0 Å². The Hall–Kier alpha value is -2.44. The quantitative estimate of drug-likeness (QED) is 0.862. The van der Waals surface area contributed by atoms with Crippen LogP contribution in [0.1, 0.15) is 41.2 Å². The molecule has 2 aromatic heterocycles. The van der Waals surface area contributed by atoms with E-state index < -0.39 is 5.97 Å². The predicted octanol–water partition coefficient (Wildman–Crippen LogP) is 2.00. The van der Waals surface area contributed by atoms with Crippen molar-refractivity contribution in [2.75, 3.05) is 0 Å². The van der Waals surface area contributed by atoms with Gasteiger partial charge in [-0.2, -0.15) is 4.98 Å². The minimum Gasteiger partial charge on any atom is -0.483 e. The van der Waals surface area contributed by atoms with Crippen LogP contribution >= 0.6 is 0 Å². The van der Waals surface area contributed by atoms with E-state index in [0.29, 0.717) is 23.8 Å². The number of hydrogen-bond donors (Lipinski definition) is 1. The lowest BCUT2D eigenvalue weighted by Crippen LogP contribution is -2.07. The van der Waals surface area contributed by atoms with Crippen LogP contribution in [0.3, 0.4) is 0 Å². The molecule has 0 atom stereocenters. The first kappa shape index (κ1) is 14.0. The molecule has 0 bridgehead atoms. The molecule has 1 N–H and O–H groups in total. The molecule has 0 amide bonds. The number of carboxylic acid groups (broad SMARTS) is 1. The SMILES string of the molecule is CCCc1nc(COc2ccc(C)nc2C(=O)O)no1. The van der Waals surface area contributed by atoms with Crippen LogP contribution < -0.4 is 4.74 Å². The second kappa shape index (κ2) is 6.14. The van der Waals surface area contributed by atoms with Crippen LogP contribution in [0.5, 0.6) is 5.75 Å². The zero-order valence-corrected chi connectivity index (χ0v) is 11.3. The molecule has 0 saturated heterocycles. The predicted molar refractivity (Wildman–Crippen MR) is 68.6 cm³/mol. The highest BCUT2D eigenvalue weighted by Gasteiger charge is 2.14. The summed E-state index contributed by atoms with van der Waals surface area (Å²) >= 11 is 0. The van der Waals surface area contributed by atoms with Crippen molar-refractivity contribution < 1.29 is 19.2 Å². The van der Waals surface area contributed by atoms with E-state index in [1.54, 1.807) is 19.1 Å². The van der Waals surface area contributed by atoms with Crippen LogP contribution in [-0.4, -0.2) is 26.2 Å². The largest absolute Gasteiger partial charge is 0.483 e. The van der Waals surface area contributed by atoms with Crippen LogP contribution in [0, 0.1) is 6.92 Å². The van der Waals surface area contributed by atoms with Gasteiger partial charge in [0.1, 0.15) is 0 Å². The maximum atomic E-state index is 11.1. The number of carboxylic acids is 1. The summed E-state index contributed by atoms with van der Waals surface area (Å²) in [5, 5.41) is 12.8. The molecule has 7 nitrogen and oxygen atoms in total. The third kappa shape index (κ3) is 3.31. The third-order valence-electron chi connectivity index (χ3n) is 2.53. The summed E-state index contributed by atoms with van der Waals surface area (Å²) in [6.45, 7) is 3.77. The monoisotopic (exact) mass is 277 g/mol. The molecule has 20 heavy (non-hydrogen) atoms. The molecule has 2 aromatic rings. The number of nitrogens with zero attached hydrogens (tertiary/aromatic N) is 3. The fraction of sp³-hybridized carbons (Fsp3) is 0.385. The third-order valence-corrected chi connectivity index (χ3v) is 2.53. The molecule has 106 valence electrons. The molecule has 0 aliphatic rings. The summed E-state index contributed by atoms with van der Waals surface area (Å²) in [7, 11) is 0. The number of rotatable bonds is 6. The normalized spacial score (nSPS) is 10.5. The highest BCUT2D eigenvalue weighted by Crippen LogP contribution is 2.18. The fourth-order valence-corrected chi connectivity index (χ4v) is 1.62. The molecule has 2 heterocycles. The lowest BCUT2D eigenvalue weighted by molar-refractivity contribution is 0.0684. The number of aryl methyl sites for hydroxylation is 2. The average Bonchev–Trinajstić information content (AvgIpc) is 2.85. The fourth-order valence-electron chi connectivity index (χ4n) is 1.62. The number of hydrogen-bond acceptors (Lipinski definition) is 6. The highest BCUT2D eigenvalue weighted by molar-refractivity contribution is 5.88. The molecule has 0 saturated carbocycles. The van der Waals surface area contributed by atoms with E-state index in [-0.39, 0.29) is 18.1 Å². The molecule has 0 aromatic carbocycles. The summed E-state index contributed by atoms with van der Waals surface area (Å²) in [5.41, 5.74) is 0.488. The van der Waals surface area contributed by atoms with Gasteiger partial charge in [0.15, 0.2) is 18.1 Å². The van der Waals surface area contributed by atoms with Gasteiger partial charge in [-0.15, -0.1) is 0 Å². The van der Waals surface area contributed by atoms with Gasteiger partial charge in [-0.3, -0.25) is 0 Å². The Morgan fingerprint density at radius 3 is 2.90 bits per heavy atom. The smallest absolute Gasteiger partial charge is 0.358 e. The summed E-state index contributed by atoms with van der Waals surface area (Å²) in [4.78, 5) is 19.1. The molecule has 0 unspecified atom stereocenters. The highest BCUT2D eigenvalue weighted by atomic mass is 16.5. The summed E-state index contributed by atoms with van der Waals surface area (Å²) in [6, 6.07) is 3.25. The Morgan fingerprint density at radius 1 is 1.40 bits per heavy atom. The van der Waals surface area contributed by atoms with E-state index in [2.05, 4.69) is 15.1 Å². The van der Waals surface area contributed by atoms with E-state index in [9.17, 15) is 4.79 Å². The molecule has 0 fully saturated rings. The molecule has 0 radical (unpaired) electrons. The van der Waals surface area contributed by atoms with Gasteiger partial charge in [0.2, 0.25) is 11.7 Å². The lowest BCUT2D eigenvalue weighted by atomic mass is 10.3.